The number of amides is 1. The zero-order chi connectivity index (χ0) is 22.7. The number of nitrogens with one attached hydrogen (secondary N) is 1. The lowest BCUT2D eigenvalue weighted by Crippen LogP contribution is -2.57. The first kappa shape index (κ1) is 22.1. The first-order valence-electron chi connectivity index (χ1n) is 10.8. The summed E-state index contributed by atoms with van der Waals surface area (Å²) in [7, 11) is 0. The number of nitrogens with zero attached hydrogens (tertiary/aromatic N) is 3. The SMILES string of the molecule is CCOC(=O)[C@@H]1C(=O)NC(N2CCN(c3cccc(Cl)c3)CC2)=N[C@@H]1c1ccc(C)cc1. The maximum atomic E-state index is 13.0. The van der Waals surface area contributed by atoms with Gasteiger partial charge in [0.1, 0.15) is 6.04 Å². The summed E-state index contributed by atoms with van der Waals surface area (Å²) in [5.74, 6) is -1.43. The van der Waals surface area contributed by atoms with Gasteiger partial charge in [-0.2, -0.15) is 0 Å². The molecule has 2 atom stereocenters. The van der Waals surface area contributed by atoms with E-state index in [9.17, 15) is 9.59 Å². The number of carbonyl (C=O) groups excluding carboxylic acids is 2. The minimum Gasteiger partial charge on any atom is -0.465 e. The molecular formula is C24H27ClN4O3. The van der Waals surface area contributed by atoms with Gasteiger partial charge in [-0.1, -0.05) is 47.5 Å². The molecule has 2 aromatic carbocycles. The summed E-state index contributed by atoms with van der Waals surface area (Å²) in [4.78, 5) is 34.7. The van der Waals surface area contributed by atoms with Crippen molar-refractivity contribution in [3.05, 3.63) is 64.7 Å². The van der Waals surface area contributed by atoms with E-state index in [1.54, 1.807) is 6.92 Å². The number of aliphatic imine (C=N–C) groups is 1. The maximum Gasteiger partial charge on any atom is 0.321 e. The second kappa shape index (κ2) is 9.61. The van der Waals surface area contributed by atoms with Gasteiger partial charge in [-0.15, -0.1) is 0 Å². The van der Waals surface area contributed by atoms with E-state index < -0.39 is 17.9 Å². The Bertz CT molecular complexity index is 1020. The number of guanidine groups is 1. The summed E-state index contributed by atoms with van der Waals surface area (Å²) in [6.45, 7) is 6.86. The summed E-state index contributed by atoms with van der Waals surface area (Å²) >= 11 is 6.13. The van der Waals surface area contributed by atoms with Crippen LogP contribution in [-0.2, 0) is 14.3 Å². The lowest BCUT2D eigenvalue weighted by atomic mass is 9.91. The van der Waals surface area contributed by atoms with E-state index in [1.807, 2.05) is 55.5 Å². The Hall–Kier alpha value is -3.06. The van der Waals surface area contributed by atoms with E-state index in [0.717, 1.165) is 29.9 Å². The molecule has 1 N–H and O–H groups in total. The Kier molecular flexibility index (Phi) is 6.65. The molecule has 7 nitrogen and oxygen atoms in total. The Balaban J connectivity index is 1.56. The minimum absolute atomic E-state index is 0.214. The van der Waals surface area contributed by atoms with Gasteiger partial charge >= 0.3 is 5.97 Å². The number of hydrogen-bond donors (Lipinski definition) is 1. The van der Waals surface area contributed by atoms with Crippen LogP contribution in [0.2, 0.25) is 5.02 Å². The predicted molar refractivity (Wildman–Crippen MR) is 125 cm³/mol. The molecule has 2 heterocycles. The molecule has 2 aromatic rings. The van der Waals surface area contributed by atoms with Gasteiger partial charge in [0.2, 0.25) is 11.9 Å². The fourth-order valence-corrected chi connectivity index (χ4v) is 4.26. The number of ether oxygens (including phenoxy) is 1. The van der Waals surface area contributed by atoms with Crippen molar-refractivity contribution in [2.45, 2.75) is 19.9 Å². The average molecular weight is 455 g/mol. The summed E-state index contributed by atoms with van der Waals surface area (Å²) in [6, 6.07) is 14.9. The van der Waals surface area contributed by atoms with Gasteiger partial charge in [0.25, 0.3) is 0 Å². The zero-order valence-electron chi connectivity index (χ0n) is 18.3. The lowest BCUT2D eigenvalue weighted by Gasteiger charge is -2.39. The van der Waals surface area contributed by atoms with Gasteiger partial charge in [-0.05, 0) is 37.6 Å². The predicted octanol–water partition coefficient (Wildman–Crippen LogP) is 3.18. The Morgan fingerprint density at radius 2 is 1.81 bits per heavy atom. The van der Waals surface area contributed by atoms with E-state index in [-0.39, 0.29) is 12.5 Å². The number of rotatable bonds is 4. The molecule has 1 fully saturated rings. The molecule has 2 aliphatic heterocycles. The summed E-state index contributed by atoms with van der Waals surface area (Å²) in [5.41, 5.74) is 2.99. The Morgan fingerprint density at radius 1 is 1.12 bits per heavy atom. The third-order valence-electron chi connectivity index (χ3n) is 5.81. The number of halogens is 1. The van der Waals surface area contributed by atoms with Crippen molar-refractivity contribution in [1.82, 2.24) is 10.2 Å². The van der Waals surface area contributed by atoms with Gasteiger partial charge in [-0.3, -0.25) is 14.9 Å². The van der Waals surface area contributed by atoms with Crippen molar-refractivity contribution < 1.29 is 14.3 Å². The number of anilines is 1. The summed E-state index contributed by atoms with van der Waals surface area (Å²) in [5, 5.41) is 3.56. The molecule has 0 aromatic heterocycles. The molecule has 168 valence electrons. The molecule has 1 amide bonds. The van der Waals surface area contributed by atoms with Gasteiger partial charge in [0.05, 0.1) is 6.61 Å². The quantitative estimate of drug-likeness (QED) is 0.567. The molecule has 0 aliphatic carbocycles. The molecule has 2 aliphatic rings. The summed E-state index contributed by atoms with van der Waals surface area (Å²) < 4.78 is 5.18. The number of aryl methyl sites for hydroxylation is 1. The second-order valence-electron chi connectivity index (χ2n) is 7.98. The number of piperazine rings is 1. The van der Waals surface area contributed by atoms with Crippen molar-refractivity contribution in [2.75, 3.05) is 37.7 Å². The van der Waals surface area contributed by atoms with E-state index >= 15 is 0 Å². The van der Waals surface area contributed by atoms with Crippen LogP contribution in [-0.4, -0.2) is 55.5 Å². The topological polar surface area (TPSA) is 74.2 Å². The third kappa shape index (κ3) is 4.72. The highest BCUT2D eigenvalue weighted by molar-refractivity contribution is 6.30. The zero-order valence-corrected chi connectivity index (χ0v) is 19.0. The lowest BCUT2D eigenvalue weighted by molar-refractivity contribution is -0.153. The van der Waals surface area contributed by atoms with Crippen LogP contribution < -0.4 is 10.2 Å². The van der Waals surface area contributed by atoms with Crippen molar-refractivity contribution in [1.29, 1.82) is 0 Å². The molecule has 0 unspecified atom stereocenters. The largest absolute Gasteiger partial charge is 0.465 e. The standard InChI is InChI=1S/C24H27ClN4O3/c1-3-32-23(31)20-21(17-9-7-16(2)8-10-17)26-24(27-22(20)30)29-13-11-28(12-14-29)19-6-4-5-18(25)15-19/h4-10,15,20-21H,3,11-14H2,1-2H3,(H,26,27,30)/t20-,21+/m0/s1. The molecular weight excluding hydrogens is 428 g/mol. The highest BCUT2D eigenvalue weighted by Gasteiger charge is 2.42. The Labute approximate surface area is 193 Å². The van der Waals surface area contributed by atoms with Crippen molar-refractivity contribution in [3.8, 4) is 0 Å². The van der Waals surface area contributed by atoms with E-state index in [2.05, 4.69) is 15.1 Å². The van der Waals surface area contributed by atoms with Crippen LogP contribution >= 0.6 is 11.6 Å². The second-order valence-corrected chi connectivity index (χ2v) is 8.42. The van der Waals surface area contributed by atoms with Crippen LogP contribution in [0.25, 0.3) is 0 Å². The monoisotopic (exact) mass is 454 g/mol. The number of esters is 1. The van der Waals surface area contributed by atoms with E-state index in [4.69, 9.17) is 21.3 Å². The number of benzene rings is 2. The molecule has 1 saturated heterocycles. The van der Waals surface area contributed by atoms with Crippen LogP contribution in [0.5, 0.6) is 0 Å². The molecule has 32 heavy (non-hydrogen) atoms. The summed E-state index contributed by atoms with van der Waals surface area (Å²) in [6.07, 6.45) is 0. The molecule has 8 heteroatoms. The first-order valence-corrected chi connectivity index (χ1v) is 11.2. The number of hydrogen-bond acceptors (Lipinski definition) is 6. The smallest absolute Gasteiger partial charge is 0.321 e. The van der Waals surface area contributed by atoms with Crippen LogP contribution in [0.1, 0.15) is 24.1 Å². The molecule has 0 bridgehead atoms. The van der Waals surface area contributed by atoms with Crippen molar-refractivity contribution in [2.24, 2.45) is 10.9 Å². The fraction of sp³-hybridized carbons (Fsp3) is 0.375. The number of carbonyl (C=O) groups is 2. The molecule has 4 rings (SSSR count). The van der Waals surface area contributed by atoms with Gasteiger partial charge in [0, 0.05) is 36.9 Å². The molecule has 0 radical (unpaired) electrons. The van der Waals surface area contributed by atoms with Crippen molar-refractivity contribution >= 4 is 35.1 Å². The van der Waals surface area contributed by atoms with E-state index in [0.29, 0.717) is 24.1 Å². The third-order valence-corrected chi connectivity index (χ3v) is 6.04. The first-order chi connectivity index (χ1) is 15.5. The average Bonchev–Trinajstić information content (AvgIpc) is 2.79. The van der Waals surface area contributed by atoms with Crippen LogP contribution in [0.4, 0.5) is 5.69 Å². The normalized spacial score (nSPS) is 21.1. The Morgan fingerprint density at radius 3 is 2.47 bits per heavy atom. The fourth-order valence-electron chi connectivity index (χ4n) is 4.08. The molecule has 0 saturated carbocycles. The van der Waals surface area contributed by atoms with E-state index in [1.165, 1.54) is 0 Å². The minimum atomic E-state index is -1.01. The van der Waals surface area contributed by atoms with Crippen LogP contribution in [0.15, 0.2) is 53.5 Å². The highest BCUT2D eigenvalue weighted by atomic mass is 35.5. The molecule has 0 spiro atoms. The van der Waals surface area contributed by atoms with Gasteiger partial charge in [-0.25, -0.2) is 4.99 Å². The maximum absolute atomic E-state index is 13.0. The highest BCUT2D eigenvalue weighted by Crippen LogP contribution is 2.31. The van der Waals surface area contributed by atoms with Gasteiger partial charge < -0.3 is 14.5 Å². The van der Waals surface area contributed by atoms with Crippen molar-refractivity contribution in [3.63, 3.8) is 0 Å². The van der Waals surface area contributed by atoms with Crippen LogP contribution in [0, 0.1) is 12.8 Å². The van der Waals surface area contributed by atoms with Crippen LogP contribution in [0.3, 0.4) is 0 Å². The van der Waals surface area contributed by atoms with Gasteiger partial charge in [0.15, 0.2) is 5.92 Å².